The van der Waals surface area contributed by atoms with Gasteiger partial charge in [-0.15, -0.1) is 0 Å². The van der Waals surface area contributed by atoms with Crippen LogP contribution in [0.25, 0.3) is 0 Å². The predicted octanol–water partition coefficient (Wildman–Crippen LogP) is 0.192. The van der Waals surface area contributed by atoms with Crippen LogP contribution in [0.2, 0.25) is 0 Å². The maximum absolute atomic E-state index is 9.75. The molecule has 0 radical (unpaired) electrons. The molecule has 0 atom stereocenters. The highest BCUT2D eigenvalue weighted by Crippen LogP contribution is 2.06. The second kappa shape index (κ2) is 5.35. The number of hydrogen-bond donors (Lipinski definition) is 0. The number of imidazole rings is 1. The van der Waals surface area contributed by atoms with E-state index in [1.54, 1.807) is 32.9 Å². The van der Waals surface area contributed by atoms with Crippen molar-refractivity contribution in [1.82, 2.24) is 4.73 Å². The summed E-state index contributed by atoms with van der Waals surface area (Å²) >= 11 is 0. The molecule has 14 heavy (non-hydrogen) atoms. The molecule has 9 heteroatoms. The number of halogens is 4. The third-order valence-electron chi connectivity index (χ3n) is 1.01. The van der Waals surface area contributed by atoms with Gasteiger partial charge in [-0.2, -0.15) is 0 Å². The molecule has 0 spiro atoms. The first-order chi connectivity index (χ1) is 6.36. The molecule has 0 aliphatic rings. The maximum atomic E-state index is 9.75. The topological polar surface area (TPSA) is 27.3 Å². The Kier molecular flexibility index (Phi) is 4.81. The largest absolute Gasteiger partial charge is 0.673 e. The minimum atomic E-state index is -6.00. The molecule has 82 valence electrons. The van der Waals surface area contributed by atoms with Crippen LogP contribution in [0, 0.1) is 0 Å². The van der Waals surface area contributed by atoms with Crippen LogP contribution in [0.5, 0.6) is 0 Å². The molecule has 1 aromatic rings. The van der Waals surface area contributed by atoms with Crippen LogP contribution in [0.4, 0.5) is 17.3 Å². The number of aromatic nitrogens is 2. The molecule has 1 aromatic heterocycles. The van der Waals surface area contributed by atoms with Gasteiger partial charge in [0.15, 0.2) is 12.4 Å². The third-order valence-corrected chi connectivity index (χ3v) is 1.01. The summed E-state index contributed by atoms with van der Waals surface area (Å²) in [5.74, 6) is 0. The van der Waals surface area contributed by atoms with Crippen molar-refractivity contribution in [2.75, 3.05) is 14.2 Å². The van der Waals surface area contributed by atoms with Crippen LogP contribution < -0.4 is 14.4 Å². The summed E-state index contributed by atoms with van der Waals surface area (Å²) in [5, 5.41) is 0. The molecule has 0 fully saturated rings. The fourth-order valence-corrected chi connectivity index (χ4v) is 0.537. The average Bonchev–Trinajstić information content (AvgIpc) is 2.48. The van der Waals surface area contributed by atoms with Crippen molar-refractivity contribution < 1.29 is 31.7 Å². The van der Waals surface area contributed by atoms with Gasteiger partial charge in [0.2, 0.25) is 0 Å². The number of nitrogens with zero attached hydrogens (tertiary/aromatic N) is 2. The van der Waals surface area contributed by atoms with E-state index in [2.05, 4.69) is 0 Å². The van der Waals surface area contributed by atoms with Crippen LogP contribution in [-0.4, -0.2) is 26.2 Å². The molecule has 0 saturated carbocycles. The normalized spacial score (nSPS) is 10.1. The van der Waals surface area contributed by atoms with E-state index >= 15 is 0 Å². The SMILES string of the molecule is COn1cc[n+](OC)c1.F[B-](F)(F)F. The van der Waals surface area contributed by atoms with Crippen LogP contribution in [0.3, 0.4) is 0 Å². The lowest BCUT2D eigenvalue weighted by atomic mass is 10.3. The highest BCUT2D eigenvalue weighted by molar-refractivity contribution is 6.50. The van der Waals surface area contributed by atoms with Crippen LogP contribution in [-0.2, 0) is 0 Å². The van der Waals surface area contributed by atoms with E-state index in [1.807, 2.05) is 0 Å². The van der Waals surface area contributed by atoms with Gasteiger partial charge >= 0.3 is 13.6 Å². The molecule has 0 N–H and O–H groups in total. The van der Waals surface area contributed by atoms with Gasteiger partial charge in [-0.05, 0) is 9.46 Å². The Bertz CT molecular complexity index is 240. The smallest absolute Gasteiger partial charge is 0.418 e. The summed E-state index contributed by atoms with van der Waals surface area (Å²) in [6.07, 6.45) is 5.15. The highest BCUT2D eigenvalue weighted by atomic mass is 19.5. The Morgan fingerprint density at radius 1 is 1.21 bits per heavy atom. The predicted molar refractivity (Wildman–Crippen MR) is 39.8 cm³/mol. The van der Waals surface area contributed by atoms with Crippen LogP contribution in [0.1, 0.15) is 0 Å². The van der Waals surface area contributed by atoms with Crippen molar-refractivity contribution in [2.24, 2.45) is 0 Å². The molecule has 0 aromatic carbocycles. The number of rotatable bonds is 2. The Labute approximate surface area is 77.7 Å². The summed E-state index contributed by atoms with van der Waals surface area (Å²) in [6, 6.07) is 0. The molecular formula is C5H9BF4N2O2. The van der Waals surface area contributed by atoms with Gasteiger partial charge in [-0.1, -0.05) is 0 Å². The molecule has 4 nitrogen and oxygen atoms in total. The van der Waals surface area contributed by atoms with Gasteiger partial charge in [0.25, 0.3) is 0 Å². The molecule has 1 rings (SSSR count). The summed E-state index contributed by atoms with van der Waals surface area (Å²) in [7, 11) is -2.83. The summed E-state index contributed by atoms with van der Waals surface area (Å²) in [4.78, 5) is 9.62. The van der Waals surface area contributed by atoms with E-state index in [0.717, 1.165) is 0 Å². The molecule has 0 aliphatic carbocycles. The molecule has 1 heterocycles. The first-order valence-corrected chi connectivity index (χ1v) is 3.42. The average molecular weight is 216 g/mol. The van der Waals surface area contributed by atoms with Crippen molar-refractivity contribution >= 4 is 7.25 Å². The fourth-order valence-electron chi connectivity index (χ4n) is 0.537. The lowest BCUT2D eigenvalue weighted by molar-refractivity contribution is -0.885. The first-order valence-electron chi connectivity index (χ1n) is 3.42. The fraction of sp³-hybridized carbons (Fsp3) is 0.400. The Morgan fingerprint density at radius 2 is 1.71 bits per heavy atom. The zero-order valence-electron chi connectivity index (χ0n) is 7.53. The van der Waals surface area contributed by atoms with Gasteiger partial charge in [0, 0.05) is 0 Å². The quantitative estimate of drug-likeness (QED) is 0.401. The van der Waals surface area contributed by atoms with E-state index in [4.69, 9.17) is 9.68 Å². The molecule has 0 aliphatic heterocycles. The summed E-state index contributed by atoms with van der Waals surface area (Å²) < 4.78 is 42.1. The standard InChI is InChI=1S/C5H9N2O2.BF4/c1-8-6-3-4-7(5-6)9-2;2-1(3,4)5/h3-5H,1-2H3;/q+1;-1. The molecule has 0 amide bonds. The van der Waals surface area contributed by atoms with Gasteiger partial charge in [-0.3, -0.25) is 0 Å². The molecule has 0 unspecified atom stereocenters. The Balaban J connectivity index is 0.000000292. The van der Waals surface area contributed by atoms with E-state index in [9.17, 15) is 17.3 Å². The van der Waals surface area contributed by atoms with Gasteiger partial charge < -0.3 is 26.9 Å². The third kappa shape index (κ3) is 7.26. The van der Waals surface area contributed by atoms with E-state index in [0.29, 0.717) is 0 Å². The highest BCUT2D eigenvalue weighted by Gasteiger charge is 2.20. The Morgan fingerprint density at radius 3 is 1.93 bits per heavy atom. The maximum Gasteiger partial charge on any atom is 0.673 e. The minimum absolute atomic E-state index is 1.53. The molecule has 0 saturated heterocycles. The van der Waals surface area contributed by atoms with E-state index in [1.165, 1.54) is 9.46 Å². The number of hydrogen-bond acceptors (Lipinski definition) is 2. The van der Waals surface area contributed by atoms with Gasteiger partial charge in [-0.25, -0.2) is 0 Å². The van der Waals surface area contributed by atoms with Crippen molar-refractivity contribution in [1.29, 1.82) is 0 Å². The van der Waals surface area contributed by atoms with Crippen molar-refractivity contribution in [3.8, 4) is 0 Å². The van der Waals surface area contributed by atoms with Gasteiger partial charge in [0.1, 0.15) is 14.2 Å². The molecule has 0 bridgehead atoms. The lowest BCUT2D eigenvalue weighted by Crippen LogP contribution is -2.38. The summed E-state index contributed by atoms with van der Waals surface area (Å²) in [5.41, 5.74) is 0. The van der Waals surface area contributed by atoms with E-state index < -0.39 is 7.25 Å². The lowest BCUT2D eigenvalue weighted by Gasteiger charge is -1.94. The second-order valence-electron chi connectivity index (χ2n) is 1.99. The van der Waals surface area contributed by atoms with Crippen LogP contribution >= 0.6 is 0 Å². The second-order valence-corrected chi connectivity index (χ2v) is 1.99. The monoisotopic (exact) mass is 216 g/mol. The van der Waals surface area contributed by atoms with Gasteiger partial charge in [0.05, 0.1) is 0 Å². The van der Waals surface area contributed by atoms with Crippen molar-refractivity contribution in [3.63, 3.8) is 0 Å². The van der Waals surface area contributed by atoms with Crippen molar-refractivity contribution in [3.05, 3.63) is 18.7 Å². The zero-order valence-corrected chi connectivity index (χ0v) is 7.53. The van der Waals surface area contributed by atoms with Crippen LogP contribution in [0.15, 0.2) is 18.7 Å². The first kappa shape index (κ1) is 12.6. The Hall–Kier alpha value is -1.41. The molecular weight excluding hydrogens is 207 g/mol. The van der Waals surface area contributed by atoms with E-state index in [-0.39, 0.29) is 0 Å². The summed E-state index contributed by atoms with van der Waals surface area (Å²) in [6.45, 7) is 0. The van der Waals surface area contributed by atoms with Crippen molar-refractivity contribution in [2.45, 2.75) is 0 Å². The zero-order chi connectivity index (χ0) is 11.2. The minimum Gasteiger partial charge on any atom is -0.418 e.